The van der Waals surface area contributed by atoms with Gasteiger partial charge < -0.3 is 15.0 Å². The number of nitrogen functional groups attached to an aromatic ring is 1. The molecule has 2 aromatic rings. The number of methoxy groups -OCH3 is 1. The Labute approximate surface area is 104 Å². The molecule has 0 aliphatic carbocycles. The second-order valence-corrected chi connectivity index (χ2v) is 3.85. The minimum atomic E-state index is -0.466. The summed E-state index contributed by atoms with van der Waals surface area (Å²) in [7, 11) is 1.36. The quantitative estimate of drug-likeness (QED) is 0.824. The van der Waals surface area contributed by atoms with Crippen LogP contribution in [0.3, 0.4) is 0 Å². The molecule has 0 saturated carbocycles. The molecule has 2 aromatic heterocycles. The first kappa shape index (κ1) is 12.1. The Bertz CT molecular complexity index is 565. The predicted octanol–water partition coefficient (Wildman–Crippen LogP) is 1.26. The van der Waals surface area contributed by atoms with Crippen molar-refractivity contribution < 1.29 is 9.53 Å². The van der Waals surface area contributed by atoms with Crippen LogP contribution in [0.5, 0.6) is 0 Å². The summed E-state index contributed by atoms with van der Waals surface area (Å²) in [6.45, 7) is 1.74. The Morgan fingerprint density at radius 1 is 1.44 bits per heavy atom. The smallest absolute Gasteiger partial charge is 0.328 e. The number of pyridine rings is 1. The van der Waals surface area contributed by atoms with Gasteiger partial charge in [0.2, 0.25) is 0 Å². The minimum absolute atomic E-state index is 0.336. The van der Waals surface area contributed by atoms with Crippen molar-refractivity contribution in [3.8, 4) is 11.3 Å². The molecule has 0 amide bonds. The Hall–Kier alpha value is -2.37. The highest BCUT2D eigenvalue weighted by Gasteiger charge is 2.19. The van der Waals surface area contributed by atoms with Gasteiger partial charge in [-0.25, -0.2) is 9.78 Å². The molecule has 0 bridgehead atoms. The lowest BCUT2D eigenvalue weighted by molar-refractivity contribution is -0.143. The molecule has 0 spiro atoms. The van der Waals surface area contributed by atoms with Gasteiger partial charge in [0.05, 0.1) is 25.3 Å². The molecular formula is C12H14N4O2. The van der Waals surface area contributed by atoms with Crippen molar-refractivity contribution in [3.63, 3.8) is 0 Å². The van der Waals surface area contributed by atoms with Gasteiger partial charge >= 0.3 is 5.97 Å². The first-order valence-corrected chi connectivity index (χ1v) is 5.44. The van der Waals surface area contributed by atoms with Gasteiger partial charge in [0.15, 0.2) is 0 Å². The third-order valence-corrected chi connectivity index (χ3v) is 2.76. The fourth-order valence-corrected chi connectivity index (χ4v) is 1.73. The van der Waals surface area contributed by atoms with E-state index < -0.39 is 6.04 Å². The molecular weight excluding hydrogens is 232 g/mol. The first-order chi connectivity index (χ1) is 8.65. The van der Waals surface area contributed by atoms with E-state index in [0.717, 1.165) is 11.3 Å². The highest BCUT2D eigenvalue weighted by Crippen LogP contribution is 2.26. The average molecular weight is 246 g/mol. The number of anilines is 1. The second-order valence-electron chi connectivity index (χ2n) is 3.85. The van der Waals surface area contributed by atoms with Gasteiger partial charge in [0.1, 0.15) is 6.04 Å². The van der Waals surface area contributed by atoms with Gasteiger partial charge in [0.25, 0.3) is 0 Å². The molecule has 2 rings (SSSR count). The monoisotopic (exact) mass is 246 g/mol. The standard InChI is InChI=1S/C12H14N4O2/c1-8(12(17)18-2)16-7-15-6-11(16)9-5-14-4-3-10(9)13/h3-8H,1-2H3,(H2,13,14). The van der Waals surface area contributed by atoms with Crippen molar-refractivity contribution in [2.45, 2.75) is 13.0 Å². The van der Waals surface area contributed by atoms with Gasteiger partial charge in [-0.1, -0.05) is 0 Å². The Morgan fingerprint density at radius 3 is 2.89 bits per heavy atom. The number of carbonyl (C=O) groups excluding carboxylic acids is 1. The lowest BCUT2D eigenvalue weighted by Gasteiger charge is -2.14. The van der Waals surface area contributed by atoms with E-state index in [9.17, 15) is 4.79 Å². The number of imidazole rings is 1. The molecule has 0 radical (unpaired) electrons. The molecule has 6 heteroatoms. The van der Waals surface area contributed by atoms with E-state index in [-0.39, 0.29) is 5.97 Å². The highest BCUT2D eigenvalue weighted by atomic mass is 16.5. The van der Waals surface area contributed by atoms with Crippen LogP contribution in [-0.4, -0.2) is 27.6 Å². The summed E-state index contributed by atoms with van der Waals surface area (Å²) in [5, 5.41) is 0. The molecule has 0 aliphatic heterocycles. The van der Waals surface area contributed by atoms with Crippen molar-refractivity contribution >= 4 is 11.7 Å². The normalized spacial score (nSPS) is 12.1. The molecule has 0 aliphatic rings. The average Bonchev–Trinajstić information content (AvgIpc) is 2.86. The van der Waals surface area contributed by atoms with Gasteiger partial charge in [-0.3, -0.25) is 4.98 Å². The largest absolute Gasteiger partial charge is 0.467 e. The zero-order chi connectivity index (χ0) is 13.1. The molecule has 2 N–H and O–H groups in total. The number of ether oxygens (including phenoxy) is 1. The van der Waals surface area contributed by atoms with Crippen LogP contribution < -0.4 is 5.73 Å². The van der Waals surface area contributed by atoms with E-state index in [4.69, 9.17) is 10.5 Å². The van der Waals surface area contributed by atoms with Crippen molar-refractivity contribution in [3.05, 3.63) is 31.0 Å². The van der Waals surface area contributed by atoms with E-state index in [1.54, 1.807) is 42.5 Å². The molecule has 94 valence electrons. The van der Waals surface area contributed by atoms with E-state index in [0.29, 0.717) is 5.69 Å². The molecule has 1 atom stereocenters. The third-order valence-electron chi connectivity index (χ3n) is 2.76. The molecule has 6 nitrogen and oxygen atoms in total. The lowest BCUT2D eigenvalue weighted by Crippen LogP contribution is -2.18. The minimum Gasteiger partial charge on any atom is -0.467 e. The van der Waals surface area contributed by atoms with Crippen molar-refractivity contribution in [2.75, 3.05) is 12.8 Å². The molecule has 0 aromatic carbocycles. The number of hydrogen-bond acceptors (Lipinski definition) is 5. The summed E-state index contributed by atoms with van der Waals surface area (Å²) in [6.07, 6.45) is 6.48. The predicted molar refractivity (Wildman–Crippen MR) is 66.6 cm³/mol. The number of nitrogens with zero attached hydrogens (tertiary/aromatic N) is 3. The van der Waals surface area contributed by atoms with Crippen LogP contribution in [0, 0.1) is 0 Å². The van der Waals surface area contributed by atoms with Gasteiger partial charge in [-0.2, -0.15) is 0 Å². The fourth-order valence-electron chi connectivity index (χ4n) is 1.73. The maximum absolute atomic E-state index is 11.6. The van der Waals surface area contributed by atoms with Gasteiger partial charge in [-0.05, 0) is 13.0 Å². The van der Waals surface area contributed by atoms with Gasteiger partial charge in [-0.15, -0.1) is 0 Å². The zero-order valence-electron chi connectivity index (χ0n) is 10.2. The Balaban J connectivity index is 2.46. The summed E-state index contributed by atoms with van der Waals surface area (Å²) in [5.41, 5.74) is 7.96. The van der Waals surface area contributed by atoms with Gasteiger partial charge in [0, 0.05) is 23.6 Å². The SMILES string of the molecule is COC(=O)C(C)n1cncc1-c1cnccc1N. The highest BCUT2D eigenvalue weighted by molar-refractivity contribution is 5.77. The zero-order valence-corrected chi connectivity index (χ0v) is 10.2. The number of nitrogens with two attached hydrogens (primary N) is 1. The van der Waals surface area contributed by atoms with E-state index in [2.05, 4.69) is 9.97 Å². The molecule has 2 heterocycles. The third kappa shape index (κ3) is 2.04. The lowest BCUT2D eigenvalue weighted by atomic mass is 10.1. The molecule has 0 fully saturated rings. The van der Waals surface area contributed by atoms with E-state index in [1.807, 2.05) is 0 Å². The van der Waals surface area contributed by atoms with E-state index >= 15 is 0 Å². The number of carbonyl (C=O) groups is 1. The van der Waals surface area contributed by atoms with Crippen LogP contribution in [0.25, 0.3) is 11.3 Å². The molecule has 1 unspecified atom stereocenters. The summed E-state index contributed by atoms with van der Waals surface area (Å²) >= 11 is 0. The maximum atomic E-state index is 11.6. The number of aromatic nitrogens is 3. The number of rotatable bonds is 3. The summed E-state index contributed by atoms with van der Waals surface area (Å²) < 4.78 is 6.43. The van der Waals surface area contributed by atoms with Crippen LogP contribution in [0.15, 0.2) is 31.0 Å². The van der Waals surface area contributed by atoms with Crippen molar-refractivity contribution in [1.82, 2.24) is 14.5 Å². The second kappa shape index (κ2) is 4.87. The molecule has 18 heavy (non-hydrogen) atoms. The maximum Gasteiger partial charge on any atom is 0.328 e. The fraction of sp³-hybridized carbons (Fsp3) is 0.250. The Morgan fingerprint density at radius 2 is 2.22 bits per heavy atom. The van der Waals surface area contributed by atoms with E-state index in [1.165, 1.54) is 7.11 Å². The van der Waals surface area contributed by atoms with Crippen LogP contribution in [0.1, 0.15) is 13.0 Å². The summed E-state index contributed by atoms with van der Waals surface area (Å²) in [4.78, 5) is 19.6. The summed E-state index contributed by atoms with van der Waals surface area (Å²) in [6, 6.07) is 1.24. The Kier molecular flexibility index (Phi) is 3.27. The van der Waals surface area contributed by atoms with Crippen LogP contribution >= 0.6 is 0 Å². The van der Waals surface area contributed by atoms with Crippen LogP contribution in [-0.2, 0) is 9.53 Å². The van der Waals surface area contributed by atoms with Crippen LogP contribution in [0.4, 0.5) is 5.69 Å². The van der Waals surface area contributed by atoms with Crippen molar-refractivity contribution in [1.29, 1.82) is 0 Å². The van der Waals surface area contributed by atoms with Crippen molar-refractivity contribution in [2.24, 2.45) is 0 Å². The van der Waals surface area contributed by atoms with Crippen LogP contribution in [0.2, 0.25) is 0 Å². The number of hydrogen-bond donors (Lipinski definition) is 1. The first-order valence-electron chi connectivity index (χ1n) is 5.44. The number of esters is 1. The topological polar surface area (TPSA) is 83.0 Å². The molecule has 0 saturated heterocycles. The summed E-state index contributed by atoms with van der Waals surface area (Å²) in [5.74, 6) is -0.336.